The first-order chi connectivity index (χ1) is 13.8. The third-order valence-corrected chi connectivity index (χ3v) is 5.19. The van der Waals surface area contributed by atoms with Crippen LogP contribution in [0.5, 0.6) is 0 Å². The molecule has 0 bridgehead atoms. The second kappa shape index (κ2) is 8.86. The number of aryl methyl sites for hydroxylation is 1. The lowest BCUT2D eigenvalue weighted by atomic mass is 9.96. The van der Waals surface area contributed by atoms with Crippen molar-refractivity contribution in [3.8, 4) is 0 Å². The molecule has 2 aromatic carbocycles. The number of halogens is 1. The van der Waals surface area contributed by atoms with Crippen LogP contribution in [0.25, 0.3) is 0 Å². The zero-order valence-electron chi connectivity index (χ0n) is 16.3. The van der Waals surface area contributed by atoms with Crippen molar-refractivity contribution in [2.45, 2.75) is 26.2 Å². The van der Waals surface area contributed by atoms with Crippen molar-refractivity contribution in [2.24, 2.45) is 11.7 Å². The van der Waals surface area contributed by atoms with Crippen molar-refractivity contribution < 1.29 is 18.8 Å². The number of piperidine rings is 1. The van der Waals surface area contributed by atoms with Gasteiger partial charge in [-0.2, -0.15) is 0 Å². The summed E-state index contributed by atoms with van der Waals surface area (Å²) < 4.78 is 13.0. The van der Waals surface area contributed by atoms with Gasteiger partial charge in [0.15, 0.2) is 0 Å². The molecule has 0 radical (unpaired) electrons. The fraction of sp³-hybridized carbons (Fsp3) is 0.318. The van der Waals surface area contributed by atoms with Gasteiger partial charge in [0.2, 0.25) is 17.7 Å². The van der Waals surface area contributed by atoms with E-state index in [-0.39, 0.29) is 30.0 Å². The second-order valence-electron chi connectivity index (χ2n) is 7.37. The predicted molar refractivity (Wildman–Crippen MR) is 108 cm³/mol. The van der Waals surface area contributed by atoms with Gasteiger partial charge in [0.1, 0.15) is 5.82 Å². The van der Waals surface area contributed by atoms with Gasteiger partial charge in [-0.25, -0.2) is 4.39 Å². The Morgan fingerprint density at radius 2 is 1.90 bits per heavy atom. The minimum atomic E-state index is -0.560. The van der Waals surface area contributed by atoms with Gasteiger partial charge in [-0.1, -0.05) is 18.2 Å². The number of nitrogens with zero attached hydrogens (tertiary/aromatic N) is 1. The van der Waals surface area contributed by atoms with E-state index in [4.69, 9.17) is 5.73 Å². The summed E-state index contributed by atoms with van der Waals surface area (Å²) >= 11 is 0. The summed E-state index contributed by atoms with van der Waals surface area (Å²) in [6.45, 7) is 2.76. The lowest BCUT2D eigenvalue weighted by Crippen LogP contribution is -2.44. The fourth-order valence-corrected chi connectivity index (χ4v) is 3.45. The zero-order chi connectivity index (χ0) is 21.0. The van der Waals surface area contributed by atoms with Gasteiger partial charge >= 0.3 is 0 Å². The molecule has 2 aromatic rings. The van der Waals surface area contributed by atoms with Crippen molar-refractivity contribution in [3.05, 3.63) is 65.0 Å². The van der Waals surface area contributed by atoms with Crippen LogP contribution in [-0.2, 0) is 16.0 Å². The average molecular weight is 397 g/mol. The summed E-state index contributed by atoms with van der Waals surface area (Å²) in [5.74, 6) is -1.50. The Morgan fingerprint density at radius 3 is 2.59 bits per heavy atom. The van der Waals surface area contributed by atoms with E-state index >= 15 is 0 Å². The highest BCUT2D eigenvalue weighted by Gasteiger charge is 2.28. The molecule has 1 aliphatic rings. The lowest BCUT2D eigenvalue weighted by Gasteiger charge is -2.32. The van der Waals surface area contributed by atoms with Crippen molar-refractivity contribution in [1.82, 2.24) is 4.90 Å². The summed E-state index contributed by atoms with van der Waals surface area (Å²) in [4.78, 5) is 38.4. The largest absolute Gasteiger partial charge is 0.366 e. The molecule has 152 valence electrons. The Balaban J connectivity index is 1.63. The van der Waals surface area contributed by atoms with Gasteiger partial charge in [-0.15, -0.1) is 0 Å². The maximum Gasteiger partial charge on any atom is 0.248 e. The number of nitrogens with two attached hydrogens (primary N) is 1. The molecule has 1 fully saturated rings. The number of amides is 3. The molecule has 29 heavy (non-hydrogen) atoms. The Hall–Kier alpha value is -3.22. The van der Waals surface area contributed by atoms with E-state index in [1.54, 1.807) is 35.2 Å². The van der Waals surface area contributed by atoms with Gasteiger partial charge in [0.05, 0.1) is 12.3 Å². The number of carbonyl (C=O) groups excluding carboxylic acids is 3. The lowest BCUT2D eigenvalue weighted by molar-refractivity contribution is -0.133. The van der Waals surface area contributed by atoms with E-state index in [0.717, 1.165) is 17.5 Å². The first-order valence-corrected chi connectivity index (χ1v) is 9.57. The number of benzene rings is 2. The van der Waals surface area contributed by atoms with E-state index < -0.39 is 5.91 Å². The number of hydrogen-bond donors (Lipinski definition) is 2. The van der Waals surface area contributed by atoms with Gasteiger partial charge < -0.3 is 16.0 Å². The monoisotopic (exact) mass is 397 g/mol. The first kappa shape index (κ1) is 20.5. The number of likely N-dealkylation sites (tertiary alicyclic amines) is 1. The smallest absolute Gasteiger partial charge is 0.248 e. The van der Waals surface area contributed by atoms with Crippen molar-refractivity contribution in [2.75, 3.05) is 18.4 Å². The van der Waals surface area contributed by atoms with E-state index in [9.17, 15) is 18.8 Å². The predicted octanol–water partition coefficient (Wildman–Crippen LogP) is 2.65. The number of rotatable bonds is 5. The fourth-order valence-electron chi connectivity index (χ4n) is 3.45. The molecule has 1 unspecified atom stereocenters. The maximum absolute atomic E-state index is 13.0. The van der Waals surface area contributed by atoms with Crippen LogP contribution in [0.15, 0.2) is 42.5 Å². The minimum Gasteiger partial charge on any atom is -0.366 e. The number of hydrogen-bond acceptors (Lipinski definition) is 3. The Labute approximate surface area is 168 Å². The van der Waals surface area contributed by atoms with Crippen molar-refractivity contribution >= 4 is 23.4 Å². The van der Waals surface area contributed by atoms with Crippen LogP contribution in [0, 0.1) is 18.7 Å². The molecule has 3 rings (SSSR count). The SMILES string of the molecule is Cc1ccc(C(N)=O)cc1NC(=O)C1CCCN(C(=O)Cc2ccc(F)cc2)C1. The number of anilines is 1. The topological polar surface area (TPSA) is 92.5 Å². The second-order valence-corrected chi connectivity index (χ2v) is 7.37. The summed E-state index contributed by atoms with van der Waals surface area (Å²) in [6.07, 6.45) is 1.59. The molecule has 3 N–H and O–H groups in total. The van der Waals surface area contributed by atoms with E-state index in [1.165, 1.54) is 12.1 Å². The van der Waals surface area contributed by atoms with Gasteiger partial charge in [0, 0.05) is 24.3 Å². The van der Waals surface area contributed by atoms with Crippen LogP contribution in [0.4, 0.5) is 10.1 Å². The van der Waals surface area contributed by atoms with Crippen LogP contribution < -0.4 is 11.1 Å². The molecule has 7 heteroatoms. The van der Waals surface area contributed by atoms with Crippen molar-refractivity contribution in [3.63, 3.8) is 0 Å². The molecule has 1 aliphatic heterocycles. The normalized spacial score (nSPS) is 16.3. The third kappa shape index (κ3) is 5.19. The zero-order valence-corrected chi connectivity index (χ0v) is 16.3. The van der Waals surface area contributed by atoms with Gasteiger partial charge in [-0.3, -0.25) is 14.4 Å². The molecular formula is C22H24FN3O3. The Kier molecular flexibility index (Phi) is 6.26. The molecule has 0 saturated carbocycles. The van der Waals surface area contributed by atoms with Gasteiger partial charge in [0.25, 0.3) is 0 Å². The van der Waals surface area contributed by atoms with Gasteiger partial charge in [-0.05, 0) is 55.2 Å². The quantitative estimate of drug-likeness (QED) is 0.812. The Morgan fingerprint density at radius 1 is 1.17 bits per heavy atom. The number of carbonyl (C=O) groups is 3. The molecule has 1 heterocycles. The van der Waals surface area contributed by atoms with Crippen molar-refractivity contribution in [1.29, 1.82) is 0 Å². The van der Waals surface area contributed by atoms with Crippen LogP contribution in [0.3, 0.4) is 0 Å². The van der Waals surface area contributed by atoms with E-state index in [1.807, 2.05) is 6.92 Å². The Bertz CT molecular complexity index is 927. The molecule has 3 amide bonds. The molecule has 6 nitrogen and oxygen atoms in total. The van der Waals surface area contributed by atoms with Crippen LogP contribution in [0.1, 0.15) is 34.3 Å². The summed E-state index contributed by atoms with van der Waals surface area (Å²) in [6, 6.07) is 10.8. The first-order valence-electron chi connectivity index (χ1n) is 9.57. The van der Waals surface area contributed by atoms with Crippen LogP contribution in [-0.4, -0.2) is 35.7 Å². The number of nitrogens with one attached hydrogen (secondary N) is 1. The average Bonchev–Trinajstić information content (AvgIpc) is 2.71. The molecule has 0 spiro atoms. The molecule has 1 saturated heterocycles. The molecule has 1 atom stereocenters. The van der Waals surface area contributed by atoms with Crippen LogP contribution in [0.2, 0.25) is 0 Å². The van der Waals surface area contributed by atoms with Crippen LogP contribution >= 0.6 is 0 Å². The molecule has 0 aliphatic carbocycles. The summed E-state index contributed by atoms with van der Waals surface area (Å²) in [5.41, 5.74) is 7.74. The molecule has 0 aromatic heterocycles. The summed E-state index contributed by atoms with van der Waals surface area (Å²) in [7, 11) is 0. The summed E-state index contributed by atoms with van der Waals surface area (Å²) in [5, 5.41) is 2.86. The van der Waals surface area contributed by atoms with E-state index in [2.05, 4.69) is 5.32 Å². The maximum atomic E-state index is 13.0. The highest BCUT2D eigenvalue weighted by Crippen LogP contribution is 2.22. The number of primary amides is 1. The van der Waals surface area contributed by atoms with E-state index in [0.29, 0.717) is 30.8 Å². The standard InChI is InChI=1S/C22H24FN3O3/c1-14-4-7-16(21(24)28)12-19(14)25-22(29)17-3-2-10-26(13-17)20(27)11-15-5-8-18(23)9-6-15/h4-9,12,17H,2-3,10-11,13H2,1H3,(H2,24,28)(H,25,29). The minimum absolute atomic E-state index is 0.0824. The molecular weight excluding hydrogens is 373 g/mol. The highest BCUT2D eigenvalue weighted by atomic mass is 19.1. The highest BCUT2D eigenvalue weighted by molar-refractivity contribution is 5.97. The third-order valence-electron chi connectivity index (χ3n) is 5.19.